The molecular formula is C46H74O6Si. The average molecular weight is 751 g/mol. The Bertz CT molecular complexity index is 1240. The standard InChI is InChI=1S/C46H74O6Si/c1-9-10-11-12-13-14-15-21-26-45-43(49-34-39-23-18-16-19-24-39)32-31-42(52-45)41(47)28-30-44(50-35-48-8)46-29-27-40(51-46)25-20-17-22-33-53(36(2)3,37(4)5)38(6)7/h16,18-19,23-24,27-32,36-38,40-47H,9-15,17,20-21,25-26,34-35H2,1-8H3/b30-28+/t40-,41+,42+,43-,44+,45+,46+/m1/s1. The second-order valence-corrected chi connectivity index (χ2v) is 21.7. The van der Waals surface area contributed by atoms with Gasteiger partial charge in [-0.25, -0.2) is 0 Å². The van der Waals surface area contributed by atoms with Gasteiger partial charge in [-0.1, -0.05) is 167 Å². The minimum absolute atomic E-state index is 0.0191. The van der Waals surface area contributed by atoms with Gasteiger partial charge in [0.25, 0.3) is 0 Å². The van der Waals surface area contributed by atoms with Crippen molar-refractivity contribution < 1.29 is 28.8 Å². The van der Waals surface area contributed by atoms with E-state index in [1.165, 1.54) is 44.9 Å². The van der Waals surface area contributed by atoms with Crippen molar-refractivity contribution in [2.45, 2.75) is 191 Å². The van der Waals surface area contributed by atoms with E-state index in [-0.39, 0.29) is 31.2 Å². The molecular weight excluding hydrogens is 677 g/mol. The van der Waals surface area contributed by atoms with Crippen LogP contribution in [0, 0.1) is 11.5 Å². The summed E-state index contributed by atoms with van der Waals surface area (Å²) in [6, 6.07) is 10.3. The minimum atomic E-state index is -1.70. The van der Waals surface area contributed by atoms with E-state index in [0.29, 0.717) is 23.2 Å². The number of rotatable bonds is 25. The summed E-state index contributed by atoms with van der Waals surface area (Å²) in [5.41, 5.74) is 6.91. The molecule has 1 aromatic carbocycles. The Morgan fingerprint density at radius 1 is 0.774 bits per heavy atom. The Labute approximate surface area is 325 Å². The first-order valence-corrected chi connectivity index (χ1v) is 23.2. The van der Waals surface area contributed by atoms with Crippen molar-refractivity contribution in [1.82, 2.24) is 0 Å². The van der Waals surface area contributed by atoms with Crippen molar-refractivity contribution in [1.29, 1.82) is 0 Å². The normalized spacial score (nSPS) is 23.0. The van der Waals surface area contributed by atoms with Crippen LogP contribution in [0.3, 0.4) is 0 Å². The van der Waals surface area contributed by atoms with Crippen molar-refractivity contribution in [2.75, 3.05) is 13.9 Å². The van der Waals surface area contributed by atoms with Gasteiger partial charge in [-0.3, -0.25) is 0 Å². The first-order chi connectivity index (χ1) is 25.6. The number of benzene rings is 1. The van der Waals surface area contributed by atoms with E-state index in [1.807, 2.05) is 30.4 Å². The van der Waals surface area contributed by atoms with Gasteiger partial charge in [0.05, 0.1) is 18.8 Å². The van der Waals surface area contributed by atoms with Crippen LogP contribution in [0.4, 0.5) is 0 Å². The molecule has 1 N–H and O–H groups in total. The quantitative estimate of drug-likeness (QED) is 0.0353. The van der Waals surface area contributed by atoms with Gasteiger partial charge in [-0.2, -0.15) is 0 Å². The van der Waals surface area contributed by atoms with Gasteiger partial charge < -0.3 is 28.8 Å². The number of aliphatic hydroxyl groups is 1. The molecule has 0 aliphatic carbocycles. The van der Waals surface area contributed by atoms with E-state index in [2.05, 4.69) is 90.3 Å². The van der Waals surface area contributed by atoms with Crippen LogP contribution in [0.2, 0.25) is 16.6 Å². The fourth-order valence-electron chi connectivity index (χ4n) is 8.16. The monoisotopic (exact) mass is 751 g/mol. The Morgan fingerprint density at radius 2 is 1.43 bits per heavy atom. The van der Waals surface area contributed by atoms with Gasteiger partial charge >= 0.3 is 0 Å². The minimum Gasteiger partial charge on any atom is -0.386 e. The Balaban J connectivity index is 1.56. The van der Waals surface area contributed by atoms with Gasteiger partial charge in [0.2, 0.25) is 0 Å². The molecule has 0 aromatic heterocycles. The zero-order valence-corrected chi connectivity index (χ0v) is 35.5. The number of hydrogen-bond acceptors (Lipinski definition) is 6. The Kier molecular flexibility index (Phi) is 21.6. The lowest BCUT2D eigenvalue weighted by atomic mass is 9.99. The fourth-order valence-corrected chi connectivity index (χ4v) is 13.5. The van der Waals surface area contributed by atoms with E-state index < -0.39 is 26.4 Å². The van der Waals surface area contributed by atoms with E-state index >= 15 is 0 Å². The largest absolute Gasteiger partial charge is 0.386 e. The maximum Gasteiger partial charge on any atom is 0.147 e. The summed E-state index contributed by atoms with van der Waals surface area (Å²) in [7, 11) is -0.0852. The van der Waals surface area contributed by atoms with E-state index in [0.717, 1.165) is 37.7 Å². The van der Waals surface area contributed by atoms with Gasteiger partial charge in [0.15, 0.2) is 0 Å². The molecule has 2 heterocycles. The molecule has 1 aromatic rings. The zero-order valence-electron chi connectivity index (χ0n) is 34.5. The van der Waals surface area contributed by atoms with Crippen LogP contribution in [0.15, 0.2) is 66.8 Å². The molecule has 0 radical (unpaired) electrons. The maximum atomic E-state index is 11.3. The third kappa shape index (κ3) is 15.2. The summed E-state index contributed by atoms with van der Waals surface area (Å²) in [5, 5.41) is 11.3. The summed E-state index contributed by atoms with van der Waals surface area (Å²) in [6.45, 7) is 17.1. The number of unbranched alkanes of at least 4 members (excludes halogenated alkanes) is 8. The highest BCUT2D eigenvalue weighted by atomic mass is 28.3. The lowest BCUT2D eigenvalue weighted by molar-refractivity contribution is -0.113. The highest BCUT2D eigenvalue weighted by Crippen LogP contribution is 2.40. The molecule has 0 fully saturated rings. The molecule has 3 rings (SSSR count). The highest BCUT2D eigenvalue weighted by Gasteiger charge is 2.41. The van der Waals surface area contributed by atoms with Crippen molar-refractivity contribution in [3.05, 3.63) is 72.4 Å². The summed E-state index contributed by atoms with van der Waals surface area (Å²) < 4.78 is 30.6. The average Bonchev–Trinajstić information content (AvgIpc) is 3.62. The van der Waals surface area contributed by atoms with Crippen LogP contribution in [0.1, 0.15) is 131 Å². The SMILES string of the molecule is CCCCCCCCCC[C@@H]1O[C@H]([C@@H](O)/C=C/[C@H](OCOC)[C@@H]2C=C[C@@H](CCCC#C[Si](C(C)C)(C(C)C)C(C)C)O2)C=C[C@H]1OCc1ccccc1. The molecule has 0 saturated heterocycles. The smallest absolute Gasteiger partial charge is 0.147 e. The number of hydrogen-bond donors (Lipinski definition) is 1. The predicted molar refractivity (Wildman–Crippen MR) is 222 cm³/mol. The molecule has 0 saturated carbocycles. The van der Waals surface area contributed by atoms with Crippen LogP contribution in [0.25, 0.3) is 0 Å². The van der Waals surface area contributed by atoms with Crippen molar-refractivity contribution in [3.63, 3.8) is 0 Å². The molecule has 7 atom stereocenters. The van der Waals surface area contributed by atoms with E-state index in [4.69, 9.17) is 23.7 Å². The van der Waals surface area contributed by atoms with Gasteiger partial charge in [-0.15, -0.1) is 11.5 Å². The van der Waals surface area contributed by atoms with Crippen molar-refractivity contribution >= 4 is 8.07 Å². The number of methoxy groups -OCH3 is 1. The van der Waals surface area contributed by atoms with E-state index in [1.54, 1.807) is 13.2 Å². The Hall–Kier alpha value is -2.02. The molecule has 53 heavy (non-hydrogen) atoms. The zero-order chi connectivity index (χ0) is 38.5. The lowest BCUT2D eigenvalue weighted by Crippen LogP contribution is -2.43. The van der Waals surface area contributed by atoms with Crippen LogP contribution < -0.4 is 0 Å². The van der Waals surface area contributed by atoms with Crippen LogP contribution >= 0.6 is 0 Å². The van der Waals surface area contributed by atoms with Gasteiger partial charge in [0.1, 0.15) is 45.4 Å². The first-order valence-electron chi connectivity index (χ1n) is 20.9. The number of ether oxygens (including phenoxy) is 5. The fraction of sp³-hybridized carbons (Fsp3) is 0.696. The maximum absolute atomic E-state index is 11.3. The second kappa shape index (κ2) is 25.2. The third-order valence-electron chi connectivity index (χ3n) is 11.2. The predicted octanol–water partition coefficient (Wildman–Crippen LogP) is 11.0. The highest BCUT2D eigenvalue weighted by molar-refractivity contribution is 6.90. The summed E-state index contributed by atoms with van der Waals surface area (Å²) in [6.07, 6.45) is 23.5. The molecule has 2 aliphatic rings. The van der Waals surface area contributed by atoms with E-state index in [9.17, 15) is 5.11 Å². The molecule has 298 valence electrons. The third-order valence-corrected chi connectivity index (χ3v) is 17.5. The topological polar surface area (TPSA) is 66.4 Å². The van der Waals surface area contributed by atoms with Gasteiger partial charge in [0, 0.05) is 13.5 Å². The molecule has 6 nitrogen and oxygen atoms in total. The van der Waals surface area contributed by atoms with Crippen LogP contribution in [0.5, 0.6) is 0 Å². The summed E-state index contributed by atoms with van der Waals surface area (Å²) in [4.78, 5) is 0. The van der Waals surface area contributed by atoms with Gasteiger partial charge in [-0.05, 0) is 41.4 Å². The first kappa shape index (κ1) is 45.4. The van der Waals surface area contributed by atoms with Crippen molar-refractivity contribution in [2.24, 2.45) is 0 Å². The molecule has 0 unspecified atom stereocenters. The molecule has 2 aliphatic heterocycles. The molecule has 0 bridgehead atoms. The second-order valence-electron chi connectivity index (χ2n) is 16.1. The lowest BCUT2D eigenvalue weighted by Gasteiger charge is -2.38. The summed E-state index contributed by atoms with van der Waals surface area (Å²) >= 11 is 0. The Morgan fingerprint density at radius 3 is 2.09 bits per heavy atom. The summed E-state index contributed by atoms with van der Waals surface area (Å²) in [5.74, 6) is 3.59. The van der Waals surface area contributed by atoms with Crippen LogP contribution in [-0.4, -0.2) is 69.8 Å². The molecule has 0 spiro atoms. The van der Waals surface area contributed by atoms with Crippen molar-refractivity contribution in [3.8, 4) is 11.5 Å². The molecule has 0 amide bonds. The van der Waals surface area contributed by atoms with Crippen LogP contribution in [-0.2, 0) is 30.3 Å². The number of aliphatic hydroxyl groups excluding tert-OH is 1. The molecule has 7 heteroatoms.